The van der Waals surface area contributed by atoms with Gasteiger partial charge in [-0.1, -0.05) is 17.7 Å². The number of aromatic nitrogens is 2. The van der Waals surface area contributed by atoms with Crippen LogP contribution in [0.2, 0.25) is 0 Å². The maximum absolute atomic E-state index is 12.9. The summed E-state index contributed by atoms with van der Waals surface area (Å²) >= 11 is 0. The largest absolute Gasteiger partial charge is 0.493 e. The highest BCUT2D eigenvalue weighted by molar-refractivity contribution is 6.04. The third kappa shape index (κ3) is 3.78. The van der Waals surface area contributed by atoms with Crippen molar-refractivity contribution in [2.45, 2.75) is 13.8 Å². The molecule has 0 bridgehead atoms. The minimum Gasteiger partial charge on any atom is -0.493 e. The van der Waals surface area contributed by atoms with Gasteiger partial charge in [-0.05, 0) is 38.1 Å². The van der Waals surface area contributed by atoms with Crippen LogP contribution in [-0.2, 0) is 0 Å². The zero-order chi connectivity index (χ0) is 20.3. The van der Waals surface area contributed by atoms with E-state index in [2.05, 4.69) is 10.4 Å². The number of anilines is 1. The molecule has 1 N–H and O–H groups in total. The summed E-state index contributed by atoms with van der Waals surface area (Å²) < 4.78 is 17.7. The molecule has 0 aliphatic rings. The van der Waals surface area contributed by atoms with E-state index in [4.69, 9.17) is 14.2 Å². The quantitative estimate of drug-likeness (QED) is 0.704. The lowest BCUT2D eigenvalue weighted by Crippen LogP contribution is -2.15. The van der Waals surface area contributed by atoms with Crippen LogP contribution >= 0.6 is 0 Å². The van der Waals surface area contributed by atoms with E-state index in [-0.39, 0.29) is 5.91 Å². The molecule has 1 aromatic heterocycles. The standard InChI is InChI=1S/C21H23N3O4/c1-13-6-8-16(9-7-13)24-19(10-14(2)23-24)22-21(25)15-11-17(26-3)20(28-5)18(12-15)27-4/h6-12H,1-5H3,(H,22,25). The van der Waals surface area contributed by atoms with Crippen molar-refractivity contribution in [3.63, 3.8) is 0 Å². The number of benzene rings is 2. The molecule has 0 aliphatic heterocycles. The van der Waals surface area contributed by atoms with E-state index in [1.807, 2.05) is 44.2 Å². The average molecular weight is 381 g/mol. The Labute approximate surface area is 163 Å². The zero-order valence-corrected chi connectivity index (χ0v) is 16.6. The SMILES string of the molecule is COc1cc(C(=O)Nc2cc(C)nn2-c2ccc(C)cc2)cc(OC)c1OC. The molecule has 0 saturated heterocycles. The lowest BCUT2D eigenvalue weighted by Gasteiger charge is -2.14. The van der Waals surface area contributed by atoms with Crippen molar-refractivity contribution in [2.75, 3.05) is 26.6 Å². The number of rotatable bonds is 6. The van der Waals surface area contributed by atoms with Crippen LogP contribution in [0.25, 0.3) is 5.69 Å². The normalized spacial score (nSPS) is 10.5. The van der Waals surface area contributed by atoms with Gasteiger partial charge >= 0.3 is 0 Å². The molecular weight excluding hydrogens is 358 g/mol. The third-order valence-electron chi connectivity index (χ3n) is 4.28. The minimum absolute atomic E-state index is 0.312. The predicted molar refractivity (Wildman–Crippen MR) is 107 cm³/mol. The molecule has 0 saturated carbocycles. The van der Waals surface area contributed by atoms with Gasteiger partial charge in [0.25, 0.3) is 5.91 Å². The minimum atomic E-state index is -0.312. The molecule has 7 heteroatoms. The van der Waals surface area contributed by atoms with E-state index < -0.39 is 0 Å². The lowest BCUT2D eigenvalue weighted by atomic mass is 10.1. The number of nitrogens with one attached hydrogen (secondary N) is 1. The molecule has 0 atom stereocenters. The Hall–Kier alpha value is -3.48. The van der Waals surface area contributed by atoms with Gasteiger partial charge in [0.1, 0.15) is 5.82 Å². The first-order chi connectivity index (χ1) is 13.5. The van der Waals surface area contributed by atoms with E-state index in [9.17, 15) is 4.79 Å². The van der Waals surface area contributed by atoms with Gasteiger partial charge in [0.05, 0.1) is 32.7 Å². The molecule has 0 fully saturated rings. The number of hydrogen-bond acceptors (Lipinski definition) is 5. The van der Waals surface area contributed by atoms with Crippen LogP contribution in [-0.4, -0.2) is 37.0 Å². The number of hydrogen-bond donors (Lipinski definition) is 1. The molecule has 28 heavy (non-hydrogen) atoms. The van der Waals surface area contributed by atoms with Crippen LogP contribution in [0.15, 0.2) is 42.5 Å². The molecule has 146 valence electrons. The van der Waals surface area contributed by atoms with Crippen molar-refractivity contribution in [1.82, 2.24) is 9.78 Å². The second kappa shape index (κ2) is 8.04. The number of aryl methyl sites for hydroxylation is 2. The van der Waals surface area contributed by atoms with Gasteiger partial charge in [-0.25, -0.2) is 4.68 Å². The maximum Gasteiger partial charge on any atom is 0.257 e. The summed E-state index contributed by atoms with van der Waals surface area (Å²) in [6.45, 7) is 3.89. The van der Waals surface area contributed by atoms with Gasteiger partial charge in [0, 0.05) is 11.6 Å². The Morgan fingerprint density at radius 2 is 1.54 bits per heavy atom. The van der Waals surface area contributed by atoms with Crippen molar-refractivity contribution >= 4 is 11.7 Å². The van der Waals surface area contributed by atoms with E-state index in [0.29, 0.717) is 28.6 Å². The molecule has 0 spiro atoms. The van der Waals surface area contributed by atoms with Crippen LogP contribution in [0, 0.1) is 13.8 Å². The summed E-state index contributed by atoms with van der Waals surface area (Å²) in [5.41, 5.74) is 3.18. The Kier molecular flexibility index (Phi) is 5.54. The number of nitrogens with zero attached hydrogens (tertiary/aromatic N) is 2. The topological polar surface area (TPSA) is 74.6 Å². The van der Waals surface area contributed by atoms with Gasteiger partial charge in [0.2, 0.25) is 5.75 Å². The summed E-state index contributed by atoms with van der Waals surface area (Å²) in [4.78, 5) is 12.9. The monoisotopic (exact) mass is 381 g/mol. The van der Waals surface area contributed by atoms with Gasteiger partial charge in [-0.3, -0.25) is 4.79 Å². The number of carbonyl (C=O) groups excluding carboxylic acids is 1. The van der Waals surface area contributed by atoms with E-state index >= 15 is 0 Å². The fourth-order valence-electron chi connectivity index (χ4n) is 2.87. The molecule has 0 radical (unpaired) electrons. The zero-order valence-electron chi connectivity index (χ0n) is 16.6. The van der Waals surface area contributed by atoms with Gasteiger partial charge in [-0.15, -0.1) is 0 Å². The van der Waals surface area contributed by atoms with E-state index in [1.54, 1.807) is 16.8 Å². The van der Waals surface area contributed by atoms with Gasteiger partial charge in [0.15, 0.2) is 11.5 Å². The number of methoxy groups -OCH3 is 3. The lowest BCUT2D eigenvalue weighted by molar-refractivity contribution is 0.102. The molecule has 2 aromatic carbocycles. The van der Waals surface area contributed by atoms with Crippen molar-refractivity contribution in [3.8, 4) is 22.9 Å². The van der Waals surface area contributed by atoms with Crippen LogP contribution in [0.4, 0.5) is 5.82 Å². The molecule has 3 rings (SSSR count). The predicted octanol–water partition coefficient (Wildman–Crippen LogP) is 3.77. The molecule has 0 unspecified atom stereocenters. The molecule has 0 aliphatic carbocycles. The second-order valence-corrected chi connectivity index (χ2v) is 6.29. The van der Waals surface area contributed by atoms with Crippen molar-refractivity contribution < 1.29 is 19.0 Å². The number of amides is 1. The van der Waals surface area contributed by atoms with E-state index in [0.717, 1.165) is 16.9 Å². The molecule has 1 heterocycles. The fraction of sp³-hybridized carbons (Fsp3) is 0.238. The number of carbonyl (C=O) groups is 1. The van der Waals surface area contributed by atoms with Crippen LogP contribution < -0.4 is 19.5 Å². The summed E-state index contributed by atoms with van der Waals surface area (Å²) in [5.74, 6) is 1.51. The summed E-state index contributed by atoms with van der Waals surface area (Å²) in [7, 11) is 4.53. The molecule has 1 amide bonds. The first-order valence-electron chi connectivity index (χ1n) is 8.72. The Bertz CT molecular complexity index is 968. The third-order valence-corrected chi connectivity index (χ3v) is 4.28. The summed E-state index contributed by atoms with van der Waals surface area (Å²) in [6, 6.07) is 12.9. The Morgan fingerprint density at radius 1 is 0.929 bits per heavy atom. The molecule has 7 nitrogen and oxygen atoms in total. The smallest absolute Gasteiger partial charge is 0.257 e. The van der Waals surface area contributed by atoms with Gasteiger partial charge in [-0.2, -0.15) is 5.10 Å². The first kappa shape index (κ1) is 19.3. The summed E-state index contributed by atoms with van der Waals surface area (Å²) in [6.07, 6.45) is 0. The highest BCUT2D eigenvalue weighted by Crippen LogP contribution is 2.38. The Balaban J connectivity index is 1.95. The van der Waals surface area contributed by atoms with E-state index in [1.165, 1.54) is 21.3 Å². The van der Waals surface area contributed by atoms with Crippen LogP contribution in [0.1, 0.15) is 21.6 Å². The van der Waals surface area contributed by atoms with Crippen LogP contribution in [0.5, 0.6) is 17.2 Å². The van der Waals surface area contributed by atoms with Crippen LogP contribution in [0.3, 0.4) is 0 Å². The maximum atomic E-state index is 12.9. The highest BCUT2D eigenvalue weighted by atomic mass is 16.5. The Morgan fingerprint density at radius 3 is 2.07 bits per heavy atom. The second-order valence-electron chi connectivity index (χ2n) is 6.29. The molecular formula is C21H23N3O4. The average Bonchev–Trinajstić information content (AvgIpc) is 3.07. The highest BCUT2D eigenvalue weighted by Gasteiger charge is 2.18. The number of ether oxygens (including phenoxy) is 3. The summed E-state index contributed by atoms with van der Waals surface area (Å²) in [5, 5.41) is 7.40. The van der Waals surface area contributed by atoms with Crippen molar-refractivity contribution in [2.24, 2.45) is 0 Å². The van der Waals surface area contributed by atoms with Gasteiger partial charge < -0.3 is 19.5 Å². The van der Waals surface area contributed by atoms with Crippen molar-refractivity contribution in [3.05, 3.63) is 59.3 Å². The first-order valence-corrected chi connectivity index (χ1v) is 8.72. The molecule has 3 aromatic rings. The fourth-order valence-corrected chi connectivity index (χ4v) is 2.87. The van der Waals surface area contributed by atoms with Crippen molar-refractivity contribution in [1.29, 1.82) is 0 Å².